The number of rotatable bonds is 5. The molecule has 0 saturated heterocycles. The molecule has 0 aliphatic rings. The first-order valence-corrected chi connectivity index (χ1v) is 6.66. The molecule has 0 spiro atoms. The van der Waals surface area contributed by atoms with E-state index in [0.717, 1.165) is 12.0 Å². The minimum atomic E-state index is -1.76. The Morgan fingerprint density at radius 3 is 1.91 bits per heavy atom. The van der Waals surface area contributed by atoms with Crippen LogP contribution in [0.1, 0.15) is 20.3 Å². The van der Waals surface area contributed by atoms with Crippen molar-refractivity contribution in [1.82, 2.24) is 0 Å². The predicted molar refractivity (Wildman–Crippen MR) is 49.9 cm³/mol. The van der Waals surface area contributed by atoms with Gasteiger partial charge in [0.25, 0.3) is 0 Å². The van der Waals surface area contributed by atoms with Gasteiger partial charge in [0.1, 0.15) is 0 Å². The maximum absolute atomic E-state index is 5.35. The third-order valence-corrected chi connectivity index (χ3v) is 4.96. The molecule has 0 aliphatic carbocycles. The molecule has 11 heavy (non-hydrogen) atoms. The lowest BCUT2D eigenvalue weighted by atomic mass is 10.2. The van der Waals surface area contributed by atoms with E-state index in [1.807, 2.05) is 0 Å². The molecule has 0 atom stereocenters. The van der Waals surface area contributed by atoms with Gasteiger partial charge in [0, 0.05) is 14.2 Å². The zero-order valence-electron chi connectivity index (χ0n) is 8.31. The summed E-state index contributed by atoms with van der Waals surface area (Å²) < 4.78 is 10.7. The molecule has 0 bridgehead atoms. The van der Waals surface area contributed by atoms with E-state index in [9.17, 15) is 0 Å². The van der Waals surface area contributed by atoms with Gasteiger partial charge < -0.3 is 8.85 Å². The molecule has 0 saturated carbocycles. The second-order valence-corrected chi connectivity index (χ2v) is 7.06. The molecule has 0 rings (SSSR count). The Balaban J connectivity index is 3.69. The Kier molecular flexibility index (Phi) is 4.96. The molecule has 0 amide bonds. The molecule has 68 valence electrons. The zero-order chi connectivity index (χ0) is 8.91. The summed E-state index contributed by atoms with van der Waals surface area (Å²) >= 11 is 0. The van der Waals surface area contributed by atoms with E-state index < -0.39 is 8.56 Å². The lowest BCUT2D eigenvalue weighted by Gasteiger charge is -2.23. The van der Waals surface area contributed by atoms with Crippen molar-refractivity contribution >= 4 is 8.56 Å². The van der Waals surface area contributed by atoms with Crippen molar-refractivity contribution in [3.05, 3.63) is 0 Å². The van der Waals surface area contributed by atoms with Gasteiger partial charge >= 0.3 is 8.56 Å². The van der Waals surface area contributed by atoms with Crippen LogP contribution in [-0.4, -0.2) is 22.8 Å². The van der Waals surface area contributed by atoms with Crippen LogP contribution in [0.15, 0.2) is 0 Å². The molecule has 0 aromatic rings. The smallest absolute Gasteiger partial charge is 0.334 e. The molecule has 0 aromatic heterocycles. The summed E-state index contributed by atoms with van der Waals surface area (Å²) in [6.07, 6.45) is 1.20. The van der Waals surface area contributed by atoms with Gasteiger partial charge in [0.15, 0.2) is 0 Å². The van der Waals surface area contributed by atoms with Gasteiger partial charge in [-0.1, -0.05) is 13.8 Å². The highest BCUT2D eigenvalue weighted by atomic mass is 28.4. The summed E-state index contributed by atoms with van der Waals surface area (Å²) in [5, 5.41) is 0. The summed E-state index contributed by atoms with van der Waals surface area (Å²) in [7, 11) is 1.73. The average Bonchev–Trinajstić information content (AvgIpc) is 2.00. The van der Waals surface area contributed by atoms with Crippen molar-refractivity contribution in [1.29, 1.82) is 0 Å². The third-order valence-electron chi connectivity index (χ3n) is 2.04. The fourth-order valence-electron chi connectivity index (χ4n) is 0.838. The quantitative estimate of drug-likeness (QED) is 0.599. The van der Waals surface area contributed by atoms with E-state index in [2.05, 4.69) is 20.4 Å². The van der Waals surface area contributed by atoms with Crippen LogP contribution in [0.5, 0.6) is 0 Å². The van der Waals surface area contributed by atoms with E-state index in [1.54, 1.807) is 14.2 Å². The minimum absolute atomic E-state index is 0.743. The second kappa shape index (κ2) is 4.90. The van der Waals surface area contributed by atoms with Gasteiger partial charge in [-0.2, -0.15) is 0 Å². The van der Waals surface area contributed by atoms with Crippen LogP contribution in [0.2, 0.25) is 12.6 Å². The van der Waals surface area contributed by atoms with E-state index in [0.29, 0.717) is 0 Å². The van der Waals surface area contributed by atoms with Gasteiger partial charge in [0.05, 0.1) is 0 Å². The number of hydrogen-bond donors (Lipinski definition) is 0. The summed E-state index contributed by atoms with van der Waals surface area (Å²) in [5.41, 5.74) is 0. The molecule has 0 aliphatic heterocycles. The van der Waals surface area contributed by atoms with Crippen LogP contribution in [-0.2, 0) is 8.85 Å². The Bertz CT molecular complexity index is 100. The zero-order valence-corrected chi connectivity index (χ0v) is 9.31. The maximum atomic E-state index is 5.35. The molecule has 0 unspecified atom stereocenters. The fourth-order valence-corrected chi connectivity index (χ4v) is 2.51. The largest absolute Gasteiger partial charge is 0.398 e. The summed E-state index contributed by atoms with van der Waals surface area (Å²) in [4.78, 5) is 0. The summed E-state index contributed by atoms with van der Waals surface area (Å²) in [6, 6.07) is 1.09. The van der Waals surface area contributed by atoms with Crippen LogP contribution in [0.25, 0.3) is 0 Å². The lowest BCUT2D eigenvalue weighted by Crippen LogP contribution is -2.36. The van der Waals surface area contributed by atoms with Crippen molar-refractivity contribution in [2.75, 3.05) is 14.2 Å². The molecule has 2 nitrogen and oxygen atoms in total. The monoisotopic (exact) mass is 176 g/mol. The first kappa shape index (κ1) is 11.1. The molecule has 0 aromatic carbocycles. The van der Waals surface area contributed by atoms with Crippen LogP contribution >= 0.6 is 0 Å². The van der Waals surface area contributed by atoms with Crippen LogP contribution < -0.4 is 0 Å². The SMILES string of the molecule is CO[Si](C)(CCC(C)C)OC. The summed E-state index contributed by atoms with van der Waals surface area (Å²) in [5.74, 6) is 0.743. The molecule has 0 heterocycles. The first-order chi connectivity index (χ1) is 5.04. The Morgan fingerprint density at radius 2 is 1.64 bits per heavy atom. The molecule has 0 radical (unpaired) electrons. The molecular formula is C8H20O2Si. The highest BCUT2D eigenvalue weighted by molar-refractivity contribution is 6.65. The highest BCUT2D eigenvalue weighted by Gasteiger charge is 2.27. The van der Waals surface area contributed by atoms with Crippen molar-refractivity contribution in [2.45, 2.75) is 32.9 Å². The Morgan fingerprint density at radius 1 is 1.18 bits per heavy atom. The van der Waals surface area contributed by atoms with Crippen LogP contribution in [0.3, 0.4) is 0 Å². The third kappa shape index (κ3) is 4.56. The fraction of sp³-hybridized carbons (Fsp3) is 1.00. The topological polar surface area (TPSA) is 18.5 Å². The molecule has 0 fully saturated rings. The van der Waals surface area contributed by atoms with Crippen molar-refractivity contribution in [3.63, 3.8) is 0 Å². The standard InChI is InChI=1S/C8H20O2Si/c1-8(2)6-7-11(5,9-3)10-4/h8H,6-7H2,1-5H3. The van der Waals surface area contributed by atoms with E-state index in [-0.39, 0.29) is 0 Å². The van der Waals surface area contributed by atoms with Gasteiger partial charge in [-0.25, -0.2) is 0 Å². The minimum Gasteiger partial charge on any atom is -0.398 e. The van der Waals surface area contributed by atoms with E-state index in [1.165, 1.54) is 6.42 Å². The predicted octanol–water partition coefficient (Wildman–Crippen LogP) is 2.40. The Hall–Kier alpha value is 0.137. The first-order valence-electron chi connectivity index (χ1n) is 4.14. The van der Waals surface area contributed by atoms with Crippen LogP contribution in [0.4, 0.5) is 0 Å². The lowest BCUT2D eigenvalue weighted by molar-refractivity contribution is 0.246. The van der Waals surface area contributed by atoms with Crippen molar-refractivity contribution in [3.8, 4) is 0 Å². The average molecular weight is 176 g/mol. The van der Waals surface area contributed by atoms with Crippen molar-refractivity contribution in [2.24, 2.45) is 5.92 Å². The second-order valence-electron chi connectivity index (χ2n) is 3.47. The molecule has 0 N–H and O–H groups in total. The van der Waals surface area contributed by atoms with E-state index >= 15 is 0 Å². The summed E-state index contributed by atoms with van der Waals surface area (Å²) in [6.45, 7) is 6.55. The normalized spacial score (nSPS) is 12.5. The van der Waals surface area contributed by atoms with Gasteiger partial charge in [-0.15, -0.1) is 0 Å². The van der Waals surface area contributed by atoms with Gasteiger partial charge in [-0.3, -0.25) is 0 Å². The van der Waals surface area contributed by atoms with Crippen LogP contribution in [0, 0.1) is 5.92 Å². The maximum Gasteiger partial charge on any atom is 0.334 e. The highest BCUT2D eigenvalue weighted by Crippen LogP contribution is 2.17. The van der Waals surface area contributed by atoms with Gasteiger partial charge in [0.2, 0.25) is 0 Å². The molecule has 3 heteroatoms. The van der Waals surface area contributed by atoms with E-state index in [4.69, 9.17) is 8.85 Å². The Labute approximate surface area is 71.1 Å². The molecular weight excluding hydrogens is 156 g/mol. The number of hydrogen-bond acceptors (Lipinski definition) is 2. The van der Waals surface area contributed by atoms with Crippen molar-refractivity contribution < 1.29 is 8.85 Å². The van der Waals surface area contributed by atoms with Gasteiger partial charge in [-0.05, 0) is 24.9 Å².